The van der Waals surface area contributed by atoms with Crippen molar-refractivity contribution >= 4 is 13.6 Å². The second-order valence-electron chi connectivity index (χ2n) is 1.89. The summed E-state index contributed by atoms with van der Waals surface area (Å²) in [5.41, 5.74) is 0.109. The average Bonchev–Trinajstić information content (AvgIpc) is 2.05. The van der Waals surface area contributed by atoms with Gasteiger partial charge in [-0.25, -0.2) is 0 Å². The van der Waals surface area contributed by atoms with Crippen LogP contribution < -0.4 is 0 Å². The third-order valence-electron chi connectivity index (χ3n) is 1.00. The zero-order valence-electron chi connectivity index (χ0n) is 6.38. The predicted octanol–water partition coefficient (Wildman–Crippen LogP) is 2.68. The molecule has 0 atom stereocenters. The maximum atomic E-state index is 11.8. The maximum absolute atomic E-state index is 11.8. The fourth-order valence-electron chi connectivity index (χ4n) is 0.569. The van der Waals surface area contributed by atoms with E-state index in [0.717, 1.165) is 0 Å². The Balaban J connectivity index is 0.000000310. The van der Waals surface area contributed by atoms with Crippen LogP contribution in [0.5, 0.6) is 0 Å². The lowest BCUT2D eigenvalue weighted by molar-refractivity contribution is 0.0836. The monoisotopic (exact) mass is 192 g/mol. The minimum Gasteiger partial charge on any atom is -0.255 e. The normalized spacial score (nSPS) is 8.31. The number of carbonyl (C=O) groups is 1. The summed E-state index contributed by atoms with van der Waals surface area (Å²) < 4.78 is 40.8. The molecule has 0 saturated heterocycles. The van der Waals surface area contributed by atoms with Gasteiger partial charge in [0.15, 0.2) is 0 Å². The van der Waals surface area contributed by atoms with Crippen LogP contribution in [-0.4, -0.2) is 13.6 Å². The van der Waals surface area contributed by atoms with Crippen LogP contribution in [0.4, 0.5) is 17.3 Å². The van der Waals surface area contributed by atoms with Gasteiger partial charge in [0, 0.05) is 0 Å². The fourth-order valence-corrected chi connectivity index (χ4v) is 0.569. The molecule has 0 fully saturated rings. The Morgan fingerprint density at radius 2 is 1.46 bits per heavy atom. The lowest BCUT2D eigenvalue weighted by Gasteiger charge is -1.86. The number of halogens is 4. The van der Waals surface area contributed by atoms with Crippen LogP contribution in [0.1, 0.15) is 10.4 Å². The number of hydrogen-bond acceptors (Lipinski definition) is 1. The van der Waals surface area contributed by atoms with Gasteiger partial charge in [0.1, 0.15) is 0 Å². The molecule has 1 rings (SSSR count). The zero-order chi connectivity index (χ0) is 10.3. The molecular weight excluding hydrogens is 187 g/mol. The highest BCUT2D eigenvalue weighted by molar-refractivity contribution is 6.33. The summed E-state index contributed by atoms with van der Waals surface area (Å²) in [6.07, 6.45) is 0. The van der Waals surface area contributed by atoms with E-state index in [1.165, 1.54) is 12.1 Å². The standard InChI is InChI=1S/C7H5FO.BF3/c8-7(9)6-4-2-1-3-5-6;2-1(3)4/h1-5H;. The Labute approximate surface area is 72.6 Å². The molecule has 0 heterocycles. The Bertz CT molecular complexity index is 249. The average molecular weight is 192 g/mol. The first-order valence-corrected chi connectivity index (χ1v) is 3.21. The van der Waals surface area contributed by atoms with Crippen LogP contribution in [0.15, 0.2) is 30.3 Å². The van der Waals surface area contributed by atoms with Crippen molar-refractivity contribution in [2.45, 2.75) is 0 Å². The molecule has 0 bridgehead atoms. The van der Waals surface area contributed by atoms with Crippen molar-refractivity contribution < 1.29 is 22.1 Å². The summed E-state index contributed by atoms with van der Waals surface area (Å²) in [5, 5.41) is 0. The van der Waals surface area contributed by atoms with Gasteiger partial charge in [-0.3, -0.25) is 17.7 Å². The summed E-state index contributed by atoms with van der Waals surface area (Å²) in [7, 11) is -3.67. The van der Waals surface area contributed by atoms with E-state index in [2.05, 4.69) is 0 Å². The molecule has 0 unspecified atom stereocenters. The SMILES string of the molecule is FB(F)F.O=C(F)c1ccccc1. The molecule has 1 nitrogen and oxygen atoms in total. The van der Waals surface area contributed by atoms with Gasteiger partial charge in [-0.1, -0.05) is 18.2 Å². The van der Waals surface area contributed by atoms with Gasteiger partial charge >= 0.3 is 13.6 Å². The summed E-state index contributed by atoms with van der Waals surface area (Å²) in [6.45, 7) is 0. The molecule has 1 aromatic carbocycles. The van der Waals surface area contributed by atoms with Crippen molar-refractivity contribution in [2.75, 3.05) is 0 Å². The van der Waals surface area contributed by atoms with Gasteiger partial charge in [0.05, 0.1) is 5.56 Å². The molecule has 0 aromatic heterocycles. The number of rotatable bonds is 1. The topological polar surface area (TPSA) is 17.1 Å². The van der Waals surface area contributed by atoms with E-state index in [1.807, 2.05) is 0 Å². The van der Waals surface area contributed by atoms with Crippen LogP contribution in [-0.2, 0) is 0 Å². The van der Waals surface area contributed by atoms with E-state index in [0.29, 0.717) is 0 Å². The van der Waals surface area contributed by atoms with Crippen molar-refractivity contribution in [3.8, 4) is 0 Å². The van der Waals surface area contributed by atoms with Gasteiger partial charge in [-0.2, -0.15) is 4.39 Å². The molecule has 0 radical (unpaired) electrons. The molecule has 0 aliphatic rings. The van der Waals surface area contributed by atoms with Crippen molar-refractivity contribution in [1.29, 1.82) is 0 Å². The summed E-state index contributed by atoms with van der Waals surface area (Å²) >= 11 is 0. The summed E-state index contributed by atoms with van der Waals surface area (Å²) in [5.74, 6) is 0. The van der Waals surface area contributed by atoms with E-state index in [9.17, 15) is 22.1 Å². The van der Waals surface area contributed by atoms with E-state index >= 15 is 0 Å². The summed E-state index contributed by atoms with van der Waals surface area (Å²) in [6, 6.07) is 6.45. The Morgan fingerprint density at radius 3 is 1.69 bits per heavy atom. The van der Waals surface area contributed by atoms with Crippen LogP contribution in [0.2, 0.25) is 0 Å². The first-order chi connectivity index (χ1) is 6.04. The van der Waals surface area contributed by atoms with E-state index in [-0.39, 0.29) is 5.56 Å². The predicted molar refractivity (Wildman–Crippen MR) is 41.0 cm³/mol. The molecule has 0 amide bonds. The lowest BCUT2D eigenvalue weighted by Crippen LogP contribution is -1.86. The molecule has 0 aliphatic carbocycles. The van der Waals surface area contributed by atoms with Gasteiger partial charge in [0.25, 0.3) is 0 Å². The fraction of sp³-hybridized carbons (Fsp3) is 0. The van der Waals surface area contributed by atoms with Crippen LogP contribution in [0.3, 0.4) is 0 Å². The molecule has 0 spiro atoms. The van der Waals surface area contributed by atoms with E-state index in [4.69, 9.17) is 0 Å². The third-order valence-corrected chi connectivity index (χ3v) is 1.00. The molecule has 6 heteroatoms. The number of carbonyl (C=O) groups excluding carboxylic acids is 1. The molecule has 70 valence electrons. The van der Waals surface area contributed by atoms with Crippen molar-refractivity contribution in [3.05, 3.63) is 35.9 Å². The maximum Gasteiger partial charge on any atom is 0.762 e. The number of benzene rings is 1. The zero-order valence-corrected chi connectivity index (χ0v) is 6.38. The van der Waals surface area contributed by atoms with Crippen LogP contribution in [0, 0.1) is 0 Å². The minimum atomic E-state index is -3.67. The Hall–Kier alpha value is -1.33. The molecule has 13 heavy (non-hydrogen) atoms. The molecule has 1 aromatic rings. The molecule has 0 saturated carbocycles. The Morgan fingerprint density at radius 1 is 1.08 bits per heavy atom. The van der Waals surface area contributed by atoms with Crippen molar-refractivity contribution in [1.82, 2.24) is 0 Å². The Kier molecular flexibility index (Phi) is 5.59. The van der Waals surface area contributed by atoms with Gasteiger partial charge < -0.3 is 0 Å². The van der Waals surface area contributed by atoms with Crippen molar-refractivity contribution in [2.24, 2.45) is 0 Å². The van der Waals surface area contributed by atoms with Gasteiger partial charge in [-0.15, -0.1) is 0 Å². The highest BCUT2D eigenvalue weighted by Gasteiger charge is 2.06. The highest BCUT2D eigenvalue weighted by Crippen LogP contribution is 1.98. The van der Waals surface area contributed by atoms with Crippen LogP contribution >= 0.6 is 0 Å². The quantitative estimate of drug-likeness (QED) is 0.379. The van der Waals surface area contributed by atoms with Crippen molar-refractivity contribution in [3.63, 3.8) is 0 Å². The minimum absolute atomic E-state index is 0.109. The molecule has 0 aliphatic heterocycles. The lowest BCUT2D eigenvalue weighted by atomic mass is 10.2. The molecule has 0 N–H and O–H groups in total. The van der Waals surface area contributed by atoms with E-state index < -0.39 is 13.6 Å². The number of hydrogen-bond donors (Lipinski definition) is 0. The smallest absolute Gasteiger partial charge is 0.255 e. The van der Waals surface area contributed by atoms with Gasteiger partial charge in [-0.05, 0) is 12.1 Å². The molecular formula is C7H5BF4O. The second kappa shape index (κ2) is 6.22. The third kappa shape index (κ3) is 7.05. The first-order valence-electron chi connectivity index (χ1n) is 3.21. The largest absolute Gasteiger partial charge is 0.762 e. The summed E-state index contributed by atoms with van der Waals surface area (Å²) in [4.78, 5) is 9.98. The highest BCUT2D eigenvalue weighted by atomic mass is 19.4. The second-order valence-corrected chi connectivity index (χ2v) is 1.89. The first kappa shape index (κ1) is 11.7. The van der Waals surface area contributed by atoms with Gasteiger partial charge in [0.2, 0.25) is 0 Å². The van der Waals surface area contributed by atoms with Crippen LogP contribution in [0.25, 0.3) is 0 Å². The van der Waals surface area contributed by atoms with E-state index in [1.54, 1.807) is 18.2 Å².